The maximum Gasteiger partial charge on any atom is 0.338 e. The van der Waals surface area contributed by atoms with Crippen LogP contribution in [0.3, 0.4) is 0 Å². The molecule has 4 atom stereocenters. The summed E-state index contributed by atoms with van der Waals surface area (Å²) in [5.41, 5.74) is 3.76. The lowest BCUT2D eigenvalue weighted by molar-refractivity contribution is -0.137. The van der Waals surface area contributed by atoms with Gasteiger partial charge in [-0.2, -0.15) is 0 Å². The summed E-state index contributed by atoms with van der Waals surface area (Å²) in [7, 11) is 2.53. The number of hydrogen-bond acceptors (Lipinski definition) is 19. The summed E-state index contributed by atoms with van der Waals surface area (Å²) < 4.78 is 88.3. The maximum absolute atomic E-state index is 14.9. The Bertz CT molecular complexity index is 4800. The van der Waals surface area contributed by atoms with Gasteiger partial charge in [0.05, 0.1) is 54.3 Å². The number of benzene rings is 6. The smallest absolute Gasteiger partial charge is 0.338 e. The average Bonchev–Trinajstić information content (AvgIpc) is 1.51. The van der Waals surface area contributed by atoms with Crippen LogP contribution in [0, 0.1) is 29.1 Å². The molecule has 6 aliphatic rings. The van der Waals surface area contributed by atoms with Crippen LogP contribution in [0.1, 0.15) is 53.9 Å². The number of halogens is 7. The van der Waals surface area contributed by atoms with E-state index in [0.29, 0.717) is 107 Å². The minimum atomic E-state index is -1.31. The zero-order chi connectivity index (χ0) is 71.8. The van der Waals surface area contributed by atoms with Gasteiger partial charge >= 0.3 is 35.9 Å². The molecular weight excluding hydrogens is 1410 g/mol. The number of hydrogen-bond donors (Lipinski definition) is 4. The Kier molecular flexibility index (Phi) is 20.2. The summed E-state index contributed by atoms with van der Waals surface area (Å²) in [5, 5.41) is 29.8. The largest absolute Gasteiger partial charge is 0.478 e. The normalized spacial score (nSPS) is 19.1. The van der Waals surface area contributed by atoms with Gasteiger partial charge in [0, 0.05) is 139 Å². The molecule has 32 heteroatoms. The van der Waals surface area contributed by atoms with Gasteiger partial charge in [0.15, 0.2) is 33.3 Å². The number of esters is 2. The number of aliphatic imine (C=N–C) groups is 2. The van der Waals surface area contributed by atoms with E-state index in [-0.39, 0.29) is 93.3 Å². The number of amidine groups is 2. The van der Waals surface area contributed by atoms with Crippen LogP contribution in [0.2, 0.25) is 10.0 Å². The number of rotatable bonds is 17. The standard InChI is InChI=1S/C35H28ClF3N6O6S.C35H29ClF2N6O5S/c1-50-34(48)29-27(41-31(32-40-6-9-52-32)42-30(29)24-4-3-19(37)13-25(24)36)17-43-7-8-44-22(15-43)16-45(35(44)49)21-11-20(38)12-23(14-21)51-28-5-2-18(33(46)47)10-26(28)39;1-49-34(47)29-28(40-31(32-39-8-11-50-32)41-30(29)26-7-6-22(37)15-27(26)36)18-42-9-10-43-25(16-42)17-44(35(43)48)24-13-21(12-23(38)14-24)19-2-4-20(5-3-19)33(45)46/h2-6,9-14,22,30H,7-8,15-17H2,1H3,(H,41,42)(H,46,47);2-8,11-15,25,30H,9-10,16-18H2,1H3,(H,40,41)(H,45,46)/t22-,30-;25-,30-/m00/s1. The van der Waals surface area contributed by atoms with Gasteiger partial charge in [0.25, 0.3) is 0 Å². The van der Waals surface area contributed by atoms with Crippen LogP contribution in [-0.4, -0.2) is 179 Å². The Morgan fingerprint density at radius 1 is 0.549 bits per heavy atom. The number of aromatic nitrogens is 2. The highest BCUT2D eigenvalue weighted by molar-refractivity contribution is 7.12. The van der Waals surface area contributed by atoms with E-state index in [0.717, 1.165) is 30.3 Å². The molecule has 4 saturated heterocycles. The third-order valence-corrected chi connectivity index (χ3v) is 19.9. The van der Waals surface area contributed by atoms with Gasteiger partial charge in [0.2, 0.25) is 0 Å². The van der Waals surface area contributed by atoms with Gasteiger partial charge in [-0.3, -0.25) is 29.6 Å². The van der Waals surface area contributed by atoms with Crippen molar-refractivity contribution in [1.82, 2.24) is 40.2 Å². The number of anilines is 2. The maximum atomic E-state index is 14.9. The Labute approximate surface area is 595 Å². The number of urea groups is 2. The van der Waals surface area contributed by atoms with Crippen molar-refractivity contribution >= 4 is 105 Å². The molecule has 4 amide bonds. The van der Waals surface area contributed by atoms with Crippen LogP contribution >= 0.6 is 45.9 Å². The first-order chi connectivity index (χ1) is 49.1. The highest BCUT2D eigenvalue weighted by atomic mass is 35.5. The summed E-state index contributed by atoms with van der Waals surface area (Å²) in [6.45, 7) is 3.41. The number of carboxylic acid groups (broad SMARTS) is 2. The second-order valence-electron chi connectivity index (χ2n) is 24.0. The topological polar surface area (TPSA) is 265 Å². The van der Waals surface area contributed by atoms with Gasteiger partial charge < -0.3 is 44.9 Å². The highest BCUT2D eigenvalue weighted by Gasteiger charge is 2.45. The lowest BCUT2D eigenvalue weighted by Gasteiger charge is -2.38. The van der Waals surface area contributed by atoms with Crippen LogP contribution in [0.15, 0.2) is 171 Å². The molecule has 14 rings (SSSR count). The molecule has 8 aromatic rings. The first kappa shape index (κ1) is 69.8. The number of thiazole rings is 2. The van der Waals surface area contributed by atoms with Gasteiger partial charge in [-0.15, -0.1) is 22.7 Å². The number of amides is 4. The van der Waals surface area contributed by atoms with Gasteiger partial charge in [-0.25, -0.2) is 60.7 Å². The van der Waals surface area contributed by atoms with Crippen molar-refractivity contribution in [2.24, 2.45) is 9.98 Å². The average molecular weight is 1470 g/mol. The Morgan fingerprint density at radius 3 is 1.48 bits per heavy atom. The number of aromatic carboxylic acids is 2. The lowest BCUT2D eigenvalue weighted by atomic mass is 9.95. The predicted octanol–water partition coefficient (Wildman–Crippen LogP) is 11.4. The second-order valence-corrected chi connectivity index (χ2v) is 26.6. The molecule has 0 spiro atoms. The second kappa shape index (κ2) is 29.5. The van der Waals surface area contributed by atoms with Gasteiger partial charge in [0.1, 0.15) is 41.1 Å². The number of piperazine rings is 2. The first-order valence-corrected chi connectivity index (χ1v) is 33.9. The number of carbonyl (C=O) groups is 6. The van der Waals surface area contributed by atoms with E-state index in [1.54, 1.807) is 56.1 Å². The molecule has 0 unspecified atom stereocenters. The number of carbonyl (C=O) groups excluding carboxylic acids is 4. The fourth-order valence-electron chi connectivity index (χ4n) is 13.0. The van der Waals surface area contributed by atoms with E-state index in [2.05, 4.69) is 30.4 Å². The fourth-order valence-corrected chi connectivity index (χ4v) is 14.7. The molecule has 4 N–H and O–H groups in total. The molecule has 6 aromatic carbocycles. The summed E-state index contributed by atoms with van der Waals surface area (Å²) in [6, 6.07) is 21.9. The monoisotopic (exact) mass is 1470 g/mol. The van der Waals surface area contributed by atoms with Crippen LogP contribution < -0.4 is 25.2 Å². The molecule has 8 heterocycles. The van der Waals surface area contributed by atoms with Crippen LogP contribution in [-0.2, 0) is 19.1 Å². The Morgan fingerprint density at radius 2 is 1.03 bits per heavy atom. The predicted molar refractivity (Wildman–Crippen MR) is 368 cm³/mol. The van der Waals surface area contributed by atoms with Crippen molar-refractivity contribution in [2.45, 2.75) is 24.2 Å². The van der Waals surface area contributed by atoms with Gasteiger partial charge in [-0.1, -0.05) is 47.5 Å². The number of methoxy groups -OCH3 is 2. The molecule has 102 heavy (non-hydrogen) atoms. The number of nitrogens with zero attached hydrogens (tertiary/aromatic N) is 10. The third kappa shape index (κ3) is 14.6. The fraction of sp³-hybridized carbons (Fsp3) is 0.229. The van der Waals surface area contributed by atoms with Crippen LogP contribution in [0.5, 0.6) is 11.5 Å². The number of nitrogens with one attached hydrogen (secondary N) is 2. The molecule has 0 radical (unpaired) electrons. The molecule has 4 fully saturated rings. The van der Waals surface area contributed by atoms with Crippen molar-refractivity contribution in [1.29, 1.82) is 0 Å². The van der Waals surface area contributed by atoms with E-state index < -0.39 is 65.0 Å². The van der Waals surface area contributed by atoms with Crippen molar-refractivity contribution in [3.8, 4) is 22.6 Å². The summed E-state index contributed by atoms with van der Waals surface area (Å²) in [4.78, 5) is 105. The zero-order valence-electron chi connectivity index (χ0n) is 53.7. The van der Waals surface area contributed by atoms with E-state index in [9.17, 15) is 55.8 Å². The SMILES string of the molecule is COC(=O)C1=C(CN2CCN3C(=O)N(c4cc(F)cc(-c5ccc(C(=O)O)cc5)c4)C[C@@H]3C2)NC(c2nccs2)=N[C@H]1c1ccc(F)cc1Cl.COC(=O)C1=C(CN2CCN3C(=O)N(c4cc(F)cc(Oc5ccc(C(=O)O)cc5F)c4)C[C@@H]3C2)NC(c2nccs2)=N[C@H]1c1ccc(F)cc1Cl. The van der Waals surface area contributed by atoms with Crippen molar-refractivity contribution < 1.29 is 75.1 Å². The molecule has 0 aliphatic carbocycles. The number of carboxylic acids is 2. The molecule has 524 valence electrons. The third-order valence-electron chi connectivity index (χ3n) is 17.7. The minimum Gasteiger partial charge on any atom is -0.478 e. The molecule has 23 nitrogen and oxygen atoms in total. The molecule has 2 aromatic heterocycles. The molecule has 6 aliphatic heterocycles. The summed E-state index contributed by atoms with van der Waals surface area (Å²) in [5.74, 6) is -6.52. The highest BCUT2D eigenvalue weighted by Crippen LogP contribution is 2.41. The van der Waals surface area contributed by atoms with Crippen molar-refractivity contribution in [3.05, 3.63) is 232 Å². The first-order valence-electron chi connectivity index (χ1n) is 31.4. The lowest BCUT2D eigenvalue weighted by Crippen LogP contribution is -2.53. The number of ether oxygens (including phenoxy) is 3. The summed E-state index contributed by atoms with van der Waals surface area (Å²) >= 11 is 15.7. The Hall–Kier alpha value is -10.6. The van der Waals surface area contributed by atoms with Crippen LogP contribution in [0.25, 0.3) is 11.1 Å². The number of fused-ring (bicyclic) bond motifs is 2. The molecule has 0 saturated carbocycles. The van der Waals surface area contributed by atoms with E-state index >= 15 is 0 Å². The minimum absolute atomic E-state index is 0.0835. The zero-order valence-corrected chi connectivity index (χ0v) is 56.8. The van der Waals surface area contributed by atoms with E-state index in [1.165, 1.54) is 109 Å². The van der Waals surface area contributed by atoms with E-state index in [1.807, 2.05) is 0 Å². The molecule has 0 bridgehead atoms. The molecular formula is C70H57Cl2F5N12O11S2. The van der Waals surface area contributed by atoms with E-state index in [4.69, 9.17) is 52.5 Å². The Balaban J connectivity index is 0.000000182. The van der Waals surface area contributed by atoms with Crippen molar-refractivity contribution in [2.75, 3.05) is 89.5 Å². The van der Waals surface area contributed by atoms with Crippen molar-refractivity contribution in [3.63, 3.8) is 0 Å². The quantitative estimate of drug-likeness (QED) is 0.0487. The summed E-state index contributed by atoms with van der Waals surface area (Å²) in [6.07, 6.45) is 3.26. The van der Waals surface area contributed by atoms with Gasteiger partial charge in [-0.05, 0) is 90.0 Å². The van der Waals surface area contributed by atoms with Crippen LogP contribution in [0.4, 0.5) is 42.9 Å².